The number of carbonyl (C=O) groups is 2. The standard InChI is InChI=1S/C14H17NO5/c16-13(17)10-4-1-2-5-11(8-10)14(18)20-12-9-15-6-3-7-19-12/h3,6-7,9-11H,1-2,4-5,8H2,(H,16,17). The van der Waals surface area contributed by atoms with Gasteiger partial charge < -0.3 is 14.6 Å². The van der Waals surface area contributed by atoms with Crippen LogP contribution in [0.15, 0.2) is 29.5 Å². The van der Waals surface area contributed by atoms with Gasteiger partial charge in [-0.1, -0.05) is 12.8 Å². The van der Waals surface area contributed by atoms with Crippen LogP contribution < -0.4 is 0 Å². The predicted octanol–water partition coefficient (Wildman–Crippen LogP) is 2.22. The first-order valence-electron chi connectivity index (χ1n) is 6.66. The minimum atomic E-state index is -0.845. The Hall–Kier alpha value is -2.11. The van der Waals surface area contributed by atoms with Crippen LogP contribution >= 0.6 is 0 Å². The second-order valence-corrected chi connectivity index (χ2v) is 4.87. The van der Waals surface area contributed by atoms with Gasteiger partial charge in [0.2, 0.25) is 0 Å². The summed E-state index contributed by atoms with van der Waals surface area (Å²) in [6, 6.07) is 0. The average Bonchev–Trinajstić information content (AvgIpc) is 2.80. The Balaban J connectivity index is 1.96. The van der Waals surface area contributed by atoms with Crippen LogP contribution in [0.5, 0.6) is 0 Å². The zero-order valence-corrected chi connectivity index (χ0v) is 11.0. The van der Waals surface area contributed by atoms with Crippen molar-refractivity contribution >= 4 is 18.2 Å². The molecule has 20 heavy (non-hydrogen) atoms. The number of rotatable bonds is 3. The largest absolute Gasteiger partial charge is 0.481 e. The molecule has 0 aromatic rings. The van der Waals surface area contributed by atoms with Gasteiger partial charge in [0.25, 0.3) is 0 Å². The van der Waals surface area contributed by atoms with Crippen LogP contribution in [0, 0.1) is 11.8 Å². The van der Waals surface area contributed by atoms with E-state index >= 15 is 0 Å². The molecule has 1 saturated carbocycles. The Labute approximate surface area is 116 Å². The average molecular weight is 279 g/mol. The summed E-state index contributed by atoms with van der Waals surface area (Å²) in [5, 5.41) is 9.10. The van der Waals surface area contributed by atoms with Crippen molar-refractivity contribution in [2.75, 3.05) is 0 Å². The molecule has 108 valence electrons. The molecule has 6 nitrogen and oxygen atoms in total. The number of hydrogen-bond donors (Lipinski definition) is 1. The second kappa shape index (κ2) is 6.88. The molecule has 2 rings (SSSR count). The van der Waals surface area contributed by atoms with Crippen molar-refractivity contribution in [3.05, 3.63) is 24.5 Å². The summed E-state index contributed by atoms with van der Waals surface area (Å²) in [4.78, 5) is 27.0. The summed E-state index contributed by atoms with van der Waals surface area (Å²) >= 11 is 0. The number of carboxylic acids is 1. The van der Waals surface area contributed by atoms with E-state index in [-0.39, 0.29) is 5.95 Å². The number of carbonyl (C=O) groups excluding carboxylic acids is 1. The third-order valence-corrected chi connectivity index (χ3v) is 3.42. The number of aliphatic imine (C=N–C) groups is 1. The summed E-state index contributed by atoms with van der Waals surface area (Å²) in [6.45, 7) is 0. The zero-order chi connectivity index (χ0) is 14.4. The van der Waals surface area contributed by atoms with E-state index in [0.29, 0.717) is 19.3 Å². The lowest BCUT2D eigenvalue weighted by atomic mass is 9.93. The summed E-state index contributed by atoms with van der Waals surface area (Å²) in [7, 11) is 0. The number of ether oxygens (including phenoxy) is 2. The topological polar surface area (TPSA) is 85.2 Å². The van der Waals surface area contributed by atoms with E-state index in [9.17, 15) is 9.59 Å². The van der Waals surface area contributed by atoms with E-state index in [1.54, 1.807) is 6.08 Å². The van der Waals surface area contributed by atoms with E-state index < -0.39 is 23.8 Å². The molecule has 1 heterocycles. The zero-order valence-electron chi connectivity index (χ0n) is 11.0. The molecule has 0 spiro atoms. The fourth-order valence-corrected chi connectivity index (χ4v) is 2.36. The van der Waals surface area contributed by atoms with E-state index in [1.165, 1.54) is 18.7 Å². The maximum absolute atomic E-state index is 12.1. The van der Waals surface area contributed by atoms with Crippen molar-refractivity contribution in [1.29, 1.82) is 0 Å². The molecular formula is C14H17NO5. The highest BCUT2D eigenvalue weighted by Gasteiger charge is 2.31. The SMILES string of the molecule is O=C(O)C1CCCCC(C(=O)OC2=CN=CC=CO2)C1. The van der Waals surface area contributed by atoms with Gasteiger partial charge in [0.15, 0.2) is 0 Å². The van der Waals surface area contributed by atoms with Crippen LogP contribution in [-0.4, -0.2) is 23.3 Å². The molecule has 0 bridgehead atoms. The maximum atomic E-state index is 12.1. The van der Waals surface area contributed by atoms with Crippen molar-refractivity contribution in [1.82, 2.24) is 0 Å². The highest BCUT2D eigenvalue weighted by Crippen LogP contribution is 2.29. The number of hydrogen-bond acceptors (Lipinski definition) is 5. The number of nitrogens with zero attached hydrogens (tertiary/aromatic N) is 1. The third kappa shape index (κ3) is 3.94. The third-order valence-electron chi connectivity index (χ3n) is 3.42. The van der Waals surface area contributed by atoms with Gasteiger partial charge >= 0.3 is 17.9 Å². The monoisotopic (exact) mass is 279 g/mol. The Morgan fingerprint density at radius 3 is 2.80 bits per heavy atom. The van der Waals surface area contributed by atoms with Gasteiger partial charge in [0, 0.05) is 6.21 Å². The van der Waals surface area contributed by atoms with Gasteiger partial charge in [-0.05, 0) is 25.3 Å². The first kappa shape index (κ1) is 14.3. The van der Waals surface area contributed by atoms with Crippen LogP contribution in [0.2, 0.25) is 0 Å². The first-order chi connectivity index (χ1) is 9.66. The lowest BCUT2D eigenvalue weighted by molar-refractivity contribution is -0.150. The van der Waals surface area contributed by atoms with E-state index in [0.717, 1.165) is 12.8 Å². The molecule has 2 aliphatic rings. The van der Waals surface area contributed by atoms with Gasteiger partial charge in [-0.2, -0.15) is 0 Å². The molecule has 1 aliphatic heterocycles. The maximum Gasteiger partial charge on any atom is 0.316 e. The van der Waals surface area contributed by atoms with E-state index in [4.69, 9.17) is 14.6 Å². The molecule has 2 unspecified atom stereocenters. The molecule has 0 saturated heterocycles. The van der Waals surface area contributed by atoms with Crippen LogP contribution in [0.3, 0.4) is 0 Å². The van der Waals surface area contributed by atoms with E-state index in [2.05, 4.69) is 4.99 Å². The van der Waals surface area contributed by atoms with Crippen molar-refractivity contribution in [2.45, 2.75) is 32.1 Å². The molecule has 1 fully saturated rings. The number of carboxylic acid groups (broad SMARTS) is 1. The Bertz CT molecular complexity index is 466. The molecule has 1 N–H and O–H groups in total. The second-order valence-electron chi connectivity index (χ2n) is 4.87. The van der Waals surface area contributed by atoms with Crippen molar-refractivity contribution in [2.24, 2.45) is 16.8 Å². The summed E-state index contributed by atoms with van der Waals surface area (Å²) in [5.74, 6) is -2.16. The quantitative estimate of drug-likeness (QED) is 0.632. The van der Waals surface area contributed by atoms with E-state index in [1.807, 2.05) is 0 Å². The van der Waals surface area contributed by atoms with Crippen LogP contribution in [0.4, 0.5) is 0 Å². The summed E-state index contributed by atoms with van der Waals surface area (Å²) in [6.07, 6.45) is 9.00. The predicted molar refractivity (Wildman–Crippen MR) is 70.6 cm³/mol. The molecule has 0 amide bonds. The minimum Gasteiger partial charge on any atom is -0.481 e. The Kier molecular flexibility index (Phi) is 4.92. The van der Waals surface area contributed by atoms with Crippen molar-refractivity contribution in [3.63, 3.8) is 0 Å². The Morgan fingerprint density at radius 2 is 2.05 bits per heavy atom. The van der Waals surface area contributed by atoms with Crippen molar-refractivity contribution in [3.8, 4) is 0 Å². The lowest BCUT2D eigenvalue weighted by Crippen LogP contribution is -2.23. The van der Waals surface area contributed by atoms with Crippen LogP contribution in [0.1, 0.15) is 32.1 Å². The normalized spacial score (nSPS) is 25.9. The minimum absolute atomic E-state index is 0.0103. The van der Waals surface area contributed by atoms with Gasteiger partial charge in [0.1, 0.15) is 6.20 Å². The van der Waals surface area contributed by atoms with Gasteiger partial charge in [-0.25, -0.2) is 0 Å². The highest BCUT2D eigenvalue weighted by molar-refractivity contribution is 5.76. The molecule has 2 atom stereocenters. The van der Waals surface area contributed by atoms with Gasteiger partial charge in [-0.15, -0.1) is 0 Å². The smallest absolute Gasteiger partial charge is 0.316 e. The fraction of sp³-hybridized carbons (Fsp3) is 0.500. The number of esters is 1. The lowest BCUT2D eigenvalue weighted by Gasteiger charge is -2.16. The number of allylic oxidation sites excluding steroid dienone is 1. The van der Waals surface area contributed by atoms with Crippen LogP contribution in [0.25, 0.3) is 0 Å². The molecule has 1 aliphatic carbocycles. The van der Waals surface area contributed by atoms with Gasteiger partial charge in [0.05, 0.1) is 18.1 Å². The van der Waals surface area contributed by atoms with Crippen LogP contribution in [-0.2, 0) is 19.1 Å². The fourth-order valence-electron chi connectivity index (χ4n) is 2.36. The summed E-state index contributed by atoms with van der Waals surface area (Å²) < 4.78 is 10.2. The summed E-state index contributed by atoms with van der Waals surface area (Å²) in [5.41, 5.74) is 0. The molecule has 0 aromatic carbocycles. The first-order valence-corrected chi connectivity index (χ1v) is 6.66. The molecule has 0 aromatic heterocycles. The molecule has 0 radical (unpaired) electrons. The molecular weight excluding hydrogens is 262 g/mol. The number of aliphatic carboxylic acids is 1. The van der Waals surface area contributed by atoms with Gasteiger partial charge in [-0.3, -0.25) is 14.6 Å². The van der Waals surface area contributed by atoms with Crippen molar-refractivity contribution < 1.29 is 24.2 Å². The highest BCUT2D eigenvalue weighted by atomic mass is 16.7. The Morgan fingerprint density at radius 1 is 1.30 bits per heavy atom. The molecule has 6 heteroatoms.